The Hall–Kier alpha value is -1.10. The minimum absolute atomic E-state index is 0.307. The molecular formula is C14H22N2O2S. The summed E-state index contributed by atoms with van der Waals surface area (Å²) in [6, 6.07) is 0. The molecule has 4 nitrogen and oxygen atoms in total. The summed E-state index contributed by atoms with van der Waals surface area (Å²) in [5.74, 6) is -0.307. The van der Waals surface area contributed by atoms with Gasteiger partial charge in [-0.25, -0.2) is 9.78 Å². The molecule has 0 bridgehead atoms. The third-order valence-corrected chi connectivity index (χ3v) is 4.46. The van der Waals surface area contributed by atoms with Gasteiger partial charge in [0, 0.05) is 18.0 Å². The number of nitrogens with zero attached hydrogens (tertiary/aromatic N) is 2. The number of esters is 1. The molecule has 1 aromatic rings. The van der Waals surface area contributed by atoms with Crippen LogP contribution in [0.1, 0.15) is 49.0 Å². The predicted molar refractivity (Wildman–Crippen MR) is 78.0 cm³/mol. The zero-order valence-corrected chi connectivity index (χ0v) is 13.0. The van der Waals surface area contributed by atoms with Crippen LogP contribution in [0.25, 0.3) is 0 Å². The molecule has 0 amide bonds. The number of thiazole rings is 1. The topological polar surface area (TPSA) is 42.4 Å². The summed E-state index contributed by atoms with van der Waals surface area (Å²) in [6.45, 7) is 10.7. The molecule has 1 aliphatic rings. The average Bonchev–Trinajstić information content (AvgIpc) is 2.70. The summed E-state index contributed by atoms with van der Waals surface area (Å²) >= 11 is 1.59. The number of ether oxygens (including phenoxy) is 1. The van der Waals surface area contributed by atoms with Gasteiger partial charge in [-0.05, 0) is 32.1 Å². The molecule has 1 aromatic heterocycles. The normalized spacial score (nSPS) is 18.4. The van der Waals surface area contributed by atoms with E-state index in [4.69, 9.17) is 4.74 Å². The van der Waals surface area contributed by atoms with E-state index < -0.39 is 0 Å². The standard InChI is InChI=1S/C14H22N2O2S/c1-5-18-12(17)11-10(2)19-13(15-11)16-8-6-7-14(3,4)9-16/h5-9H2,1-4H3. The molecule has 0 spiro atoms. The number of carbonyl (C=O) groups is 1. The van der Waals surface area contributed by atoms with Crippen molar-refractivity contribution in [2.45, 2.75) is 40.5 Å². The summed E-state index contributed by atoms with van der Waals surface area (Å²) in [5.41, 5.74) is 0.798. The van der Waals surface area contributed by atoms with Crippen LogP contribution < -0.4 is 4.90 Å². The molecule has 1 saturated heterocycles. The lowest BCUT2D eigenvalue weighted by Gasteiger charge is -2.37. The minimum Gasteiger partial charge on any atom is -0.461 e. The first-order valence-corrected chi connectivity index (χ1v) is 7.64. The first-order chi connectivity index (χ1) is 8.93. The number of rotatable bonds is 3. The molecule has 19 heavy (non-hydrogen) atoms. The molecule has 5 heteroatoms. The van der Waals surface area contributed by atoms with Gasteiger partial charge in [0.2, 0.25) is 0 Å². The molecule has 2 rings (SSSR count). The molecule has 0 aliphatic carbocycles. The highest BCUT2D eigenvalue weighted by atomic mass is 32.1. The Morgan fingerprint density at radius 2 is 2.26 bits per heavy atom. The highest BCUT2D eigenvalue weighted by Crippen LogP contribution is 2.34. The van der Waals surface area contributed by atoms with Crippen LogP contribution in [0.3, 0.4) is 0 Å². The number of aryl methyl sites for hydroxylation is 1. The maximum Gasteiger partial charge on any atom is 0.358 e. The molecule has 1 aliphatic heterocycles. The summed E-state index contributed by atoms with van der Waals surface area (Å²) in [6.07, 6.45) is 2.43. The smallest absolute Gasteiger partial charge is 0.358 e. The van der Waals surface area contributed by atoms with Gasteiger partial charge in [-0.3, -0.25) is 0 Å². The highest BCUT2D eigenvalue weighted by Gasteiger charge is 2.29. The summed E-state index contributed by atoms with van der Waals surface area (Å²) < 4.78 is 5.04. The van der Waals surface area contributed by atoms with E-state index in [0.717, 1.165) is 23.1 Å². The van der Waals surface area contributed by atoms with Gasteiger partial charge < -0.3 is 9.64 Å². The third kappa shape index (κ3) is 3.26. The van der Waals surface area contributed by atoms with Crippen molar-refractivity contribution in [1.82, 2.24) is 4.98 Å². The molecule has 0 N–H and O–H groups in total. The van der Waals surface area contributed by atoms with Gasteiger partial charge in [0.1, 0.15) is 0 Å². The van der Waals surface area contributed by atoms with Crippen LogP contribution in [-0.2, 0) is 4.74 Å². The lowest BCUT2D eigenvalue weighted by molar-refractivity contribution is 0.0519. The van der Waals surface area contributed by atoms with Gasteiger partial charge >= 0.3 is 5.97 Å². The number of piperidine rings is 1. The van der Waals surface area contributed by atoms with Gasteiger partial charge in [-0.2, -0.15) is 0 Å². The highest BCUT2D eigenvalue weighted by molar-refractivity contribution is 7.15. The van der Waals surface area contributed by atoms with E-state index in [1.54, 1.807) is 11.3 Å². The molecule has 0 aromatic carbocycles. The first kappa shape index (κ1) is 14.3. The van der Waals surface area contributed by atoms with Crippen molar-refractivity contribution in [2.75, 3.05) is 24.6 Å². The van der Waals surface area contributed by atoms with Crippen LogP contribution in [-0.4, -0.2) is 30.6 Å². The maximum absolute atomic E-state index is 11.8. The van der Waals surface area contributed by atoms with Crippen molar-refractivity contribution in [3.05, 3.63) is 10.6 Å². The van der Waals surface area contributed by atoms with Crippen molar-refractivity contribution in [1.29, 1.82) is 0 Å². The lowest BCUT2D eigenvalue weighted by Crippen LogP contribution is -2.40. The van der Waals surface area contributed by atoms with E-state index in [-0.39, 0.29) is 5.97 Å². The fraction of sp³-hybridized carbons (Fsp3) is 0.714. The van der Waals surface area contributed by atoms with Crippen molar-refractivity contribution in [3.8, 4) is 0 Å². The zero-order chi connectivity index (χ0) is 14.0. The Labute approximate surface area is 118 Å². The SMILES string of the molecule is CCOC(=O)c1nc(N2CCCC(C)(C)C2)sc1C. The second kappa shape index (κ2) is 5.49. The van der Waals surface area contributed by atoms with E-state index in [2.05, 4.69) is 23.7 Å². The van der Waals surface area contributed by atoms with E-state index in [0.29, 0.717) is 17.7 Å². The summed E-state index contributed by atoms with van der Waals surface area (Å²) in [4.78, 5) is 19.5. The van der Waals surface area contributed by atoms with Crippen molar-refractivity contribution >= 4 is 22.4 Å². The van der Waals surface area contributed by atoms with Crippen LogP contribution in [0.15, 0.2) is 0 Å². The number of anilines is 1. The van der Waals surface area contributed by atoms with Gasteiger partial charge in [-0.15, -0.1) is 11.3 Å². The van der Waals surface area contributed by atoms with Crippen molar-refractivity contribution < 1.29 is 9.53 Å². The summed E-state index contributed by atoms with van der Waals surface area (Å²) in [7, 11) is 0. The summed E-state index contributed by atoms with van der Waals surface area (Å²) in [5, 5.41) is 0.952. The Morgan fingerprint density at radius 3 is 2.89 bits per heavy atom. The largest absolute Gasteiger partial charge is 0.461 e. The first-order valence-electron chi connectivity index (χ1n) is 6.82. The fourth-order valence-corrected chi connectivity index (χ4v) is 3.41. The van der Waals surface area contributed by atoms with Crippen LogP contribution in [0.5, 0.6) is 0 Å². The zero-order valence-electron chi connectivity index (χ0n) is 12.2. The van der Waals surface area contributed by atoms with E-state index in [9.17, 15) is 4.79 Å². The Morgan fingerprint density at radius 1 is 1.53 bits per heavy atom. The van der Waals surface area contributed by atoms with Crippen LogP contribution in [0.4, 0.5) is 5.13 Å². The second-order valence-electron chi connectivity index (χ2n) is 5.81. The lowest BCUT2D eigenvalue weighted by atomic mass is 9.84. The molecule has 1 fully saturated rings. The van der Waals surface area contributed by atoms with Gasteiger partial charge in [0.15, 0.2) is 10.8 Å². The van der Waals surface area contributed by atoms with E-state index >= 15 is 0 Å². The Kier molecular flexibility index (Phi) is 4.13. The quantitative estimate of drug-likeness (QED) is 0.798. The van der Waals surface area contributed by atoms with Crippen LogP contribution in [0.2, 0.25) is 0 Å². The molecule has 106 valence electrons. The van der Waals surface area contributed by atoms with Crippen LogP contribution >= 0.6 is 11.3 Å². The Bertz CT molecular complexity index is 468. The van der Waals surface area contributed by atoms with Crippen LogP contribution in [0, 0.1) is 12.3 Å². The molecule has 0 atom stereocenters. The Balaban J connectivity index is 2.17. The molecular weight excluding hydrogens is 260 g/mol. The number of aromatic nitrogens is 1. The second-order valence-corrected chi connectivity index (χ2v) is 6.99. The van der Waals surface area contributed by atoms with Gasteiger partial charge in [-0.1, -0.05) is 13.8 Å². The van der Waals surface area contributed by atoms with Crippen molar-refractivity contribution in [2.24, 2.45) is 5.41 Å². The van der Waals surface area contributed by atoms with Crippen molar-refractivity contribution in [3.63, 3.8) is 0 Å². The number of hydrogen-bond acceptors (Lipinski definition) is 5. The van der Waals surface area contributed by atoms with E-state index in [1.807, 2.05) is 13.8 Å². The number of hydrogen-bond donors (Lipinski definition) is 0. The third-order valence-electron chi connectivity index (χ3n) is 3.43. The van der Waals surface area contributed by atoms with Gasteiger partial charge in [0.25, 0.3) is 0 Å². The van der Waals surface area contributed by atoms with Gasteiger partial charge in [0.05, 0.1) is 6.61 Å². The van der Waals surface area contributed by atoms with E-state index in [1.165, 1.54) is 12.8 Å². The fourth-order valence-electron chi connectivity index (χ4n) is 2.49. The maximum atomic E-state index is 11.8. The molecule has 0 unspecified atom stereocenters. The molecule has 0 radical (unpaired) electrons. The molecule has 2 heterocycles. The average molecular weight is 282 g/mol. The predicted octanol–water partition coefficient (Wildman–Crippen LogP) is 3.25. The number of carbonyl (C=O) groups excluding carboxylic acids is 1. The minimum atomic E-state index is -0.307. The monoisotopic (exact) mass is 282 g/mol. The molecule has 0 saturated carbocycles.